The molecule has 2 aliphatic heterocycles. The van der Waals surface area contributed by atoms with Gasteiger partial charge >= 0.3 is 6.61 Å². The molecule has 1 unspecified atom stereocenters. The Morgan fingerprint density at radius 3 is 2.75 bits per heavy atom. The lowest BCUT2D eigenvalue weighted by Crippen LogP contribution is -2.28. The van der Waals surface area contributed by atoms with E-state index in [0.29, 0.717) is 35.6 Å². The number of aromatic nitrogens is 4. The molecule has 3 atom stereocenters. The first-order valence-corrected chi connectivity index (χ1v) is 11.9. The van der Waals surface area contributed by atoms with E-state index in [4.69, 9.17) is 9.72 Å². The van der Waals surface area contributed by atoms with Crippen LogP contribution in [0.4, 0.5) is 8.78 Å². The molecule has 2 aromatic carbocycles. The van der Waals surface area contributed by atoms with Gasteiger partial charge in [-0.15, -0.1) is 0 Å². The summed E-state index contributed by atoms with van der Waals surface area (Å²) in [6.45, 7) is -1.02. The second-order valence-electron chi connectivity index (χ2n) is 9.05. The summed E-state index contributed by atoms with van der Waals surface area (Å²) in [7, 11) is 0. The second kappa shape index (κ2) is 8.63. The number of rotatable bonds is 6. The first kappa shape index (κ1) is 22.5. The smallest absolute Gasteiger partial charge is 0.387 e. The molecule has 2 aliphatic rings. The molecule has 0 fully saturated rings. The van der Waals surface area contributed by atoms with Gasteiger partial charge in [-0.1, -0.05) is 25.5 Å². The van der Waals surface area contributed by atoms with E-state index in [-0.39, 0.29) is 17.7 Å². The number of benzene rings is 2. The molecule has 0 saturated heterocycles. The number of amides is 1. The van der Waals surface area contributed by atoms with E-state index < -0.39 is 18.8 Å². The number of hydrogen-bond donors (Lipinski definition) is 2. The molecule has 1 amide bonds. The number of nitrogens with zero attached hydrogens (tertiary/aromatic N) is 4. The summed E-state index contributed by atoms with van der Waals surface area (Å²) >= 11 is 0. The van der Waals surface area contributed by atoms with Gasteiger partial charge in [0.25, 0.3) is 5.91 Å². The van der Waals surface area contributed by atoms with Crippen LogP contribution in [0, 0.1) is 0 Å². The molecule has 2 aromatic heterocycles. The number of aliphatic hydroxyl groups excluding tert-OH is 1. The lowest BCUT2D eigenvalue weighted by atomic mass is 9.97. The van der Waals surface area contributed by atoms with Gasteiger partial charge in [-0.3, -0.25) is 4.79 Å². The zero-order valence-corrected chi connectivity index (χ0v) is 19.4. The van der Waals surface area contributed by atoms with Crippen LogP contribution in [-0.2, 0) is 0 Å². The number of carbonyl (C=O) groups excluding carboxylic acids is 1. The number of ether oxygens (including phenoxy) is 1. The van der Waals surface area contributed by atoms with Gasteiger partial charge in [0.15, 0.2) is 5.82 Å². The third-order valence-corrected chi connectivity index (χ3v) is 6.83. The SMILES string of the molecule is CCCC(O)c1ncc(-c2ccc3nc4n(c3c2)[C@@H]2C[C@H]4NC(=O)c3cccc(OC(F)F)c32)cn1. The third-order valence-electron chi connectivity index (χ3n) is 6.83. The molecule has 4 aromatic rings. The molecule has 0 spiro atoms. The van der Waals surface area contributed by atoms with Crippen LogP contribution >= 0.6 is 0 Å². The van der Waals surface area contributed by atoms with Gasteiger partial charge in [0.05, 0.1) is 23.1 Å². The van der Waals surface area contributed by atoms with Crippen LogP contribution in [0.15, 0.2) is 48.8 Å². The van der Waals surface area contributed by atoms with E-state index in [2.05, 4.69) is 15.3 Å². The molecule has 8 nitrogen and oxygen atoms in total. The van der Waals surface area contributed by atoms with E-state index >= 15 is 0 Å². The van der Waals surface area contributed by atoms with Crippen LogP contribution in [0.5, 0.6) is 5.75 Å². The summed E-state index contributed by atoms with van der Waals surface area (Å²) in [6, 6.07) is 9.62. The lowest BCUT2D eigenvalue weighted by molar-refractivity contribution is -0.0507. The van der Waals surface area contributed by atoms with Crippen LogP contribution in [-0.4, -0.2) is 37.1 Å². The summed E-state index contributed by atoms with van der Waals surface area (Å²) in [5.41, 5.74) is 3.90. The Kier molecular flexibility index (Phi) is 5.40. The van der Waals surface area contributed by atoms with Crippen molar-refractivity contribution in [1.29, 1.82) is 0 Å². The highest BCUT2D eigenvalue weighted by Gasteiger charge is 2.42. The van der Waals surface area contributed by atoms with Crippen molar-refractivity contribution in [2.75, 3.05) is 0 Å². The highest BCUT2D eigenvalue weighted by Crippen LogP contribution is 2.47. The van der Waals surface area contributed by atoms with Crippen molar-refractivity contribution in [2.24, 2.45) is 0 Å². The van der Waals surface area contributed by atoms with Gasteiger partial charge in [0.2, 0.25) is 0 Å². The van der Waals surface area contributed by atoms with E-state index in [1.54, 1.807) is 24.5 Å². The fraction of sp³-hybridized carbons (Fsp3) is 0.308. The molecule has 10 heteroatoms. The Hall–Kier alpha value is -3.92. The first-order valence-electron chi connectivity index (χ1n) is 11.9. The van der Waals surface area contributed by atoms with E-state index in [1.807, 2.05) is 29.7 Å². The zero-order valence-electron chi connectivity index (χ0n) is 19.4. The van der Waals surface area contributed by atoms with E-state index in [9.17, 15) is 18.7 Å². The minimum absolute atomic E-state index is 0.0104. The fourth-order valence-corrected chi connectivity index (χ4v) is 5.25. The summed E-state index contributed by atoms with van der Waals surface area (Å²) in [5, 5.41) is 13.2. The maximum Gasteiger partial charge on any atom is 0.387 e. The number of imidazole rings is 1. The minimum atomic E-state index is -3.01. The summed E-state index contributed by atoms with van der Waals surface area (Å²) < 4.78 is 33.3. The molecule has 184 valence electrons. The molecule has 0 aliphatic carbocycles. The Bertz CT molecular complexity index is 1470. The van der Waals surface area contributed by atoms with Gasteiger partial charge in [0.1, 0.15) is 17.7 Å². The molecule has 0 saturated carbocycles. The van der Waals surface area contributed by atoms with Crippen molar-refractivity contribution in [3.05, 3.63) is 71.6 Å². The van der Waals surface area contributed by atoms with Crippen molar-refractivity contribution in [1.82, 2.24) is 24.8 Å². The Morgan fingerprint density at radius 2 is 2.00 bits per heavy atom. The maximum atomic E-state index is 13.2. The molecule has 2 bridgehead atoms. The predicted molar refractivity (Wildman–Crippen MR) is 127 cm³/mol. The zero-order chi connectivity index (χ0) is 25.0. The minimum Gasteiger partial charge on any atom is -0.434 e. The summed E-state index contributed by atoms with van der Waals surface area (Å²) in [4.78, 5) is 26.3. The van der Waals surface area contributed by atoms with Gasteiger partial charge < -0.3 is 19.7 Å². The van der Waals surface area contributed by atoms with Gasteiger partial charge in [-0.25, -0.2) is 15.0 Å². The Morgan fingerprint density at radius 1 is 1.19 bits per heavy atom. The predicted octanol–water partition coefficient (Wildman–Crippen LogP) is 4.71. The normalized spacial score (nSPS) is 19.1. The van der Waals surface area contributed by atoms with E-state index in [0.717, 1.165) is 28.6 Å². The van der Waals surface area contributed by atoms with Gasteiger partial charge in [-0.05, 0) is 42.7 Å². The molecule has 6 rings (SSSR count). The quantitative estimate of drug-likeness (QED) is 0.405. The largest absolute Gasteiger partial charge is 0.434 e. The third kappa shape index (κ3) is 3.60. The Balaban J connectivity index is 1.46. The number of nitrogens with one attached hydrogen (secondary N) is 1. The van der Waals surface area contributed by atoms with E-state index in [1.165, 1.54) is 6.07 Å². The fourth-order valence-electron chi connectivity index (χ4n) is 5.25. The molecule has 2 N–H and O–H groups in total. The monoisotopic (exact) mass is 491 g/mol. The van der Waals surface area contributed by atoms with Crippen molar-refractivity contribution in [3.63, 3.8) is 0 Å². The van der Waals surface area contributed by atoms with Crippen LogP contribution < -0.4 is 10.1 Å². The van der Waals surface area contributed by atoms with Crippen LogP contribution in [0.2, 0.25) is 0 Å². The van der Waals surface area contributed by atoms with Gasteiger partial charge in [-0.2, -0.15) is 8.78 Å². The average molecular weight is 491 g/mol. The number of fused-ring (bicyclic) bond motifs is 9. The molecule has 4 heterocycles. The molecule has 0 radical (unpaired) electrons. The highest BCUT2D eigenvalue weighted by molar-refractivity contribution is 5.98. The van der Waals surface area contributed by atoms with Crippen molar-refractivity contribution < 1.29 is 23.4 Å². The highest BCUT2D eigenvalue weighted by atomic mass is 19.3. The standard InChI is InChI=1S/C26H23F2N5O3/c1-2-4-20(34)23-29-11-14(12-30-23)13-7-8-16-18(9-13)33-19-10-17(24(33)31-16)32-25(35)15-5-3-6-21(22(15)19)36-26(27)28/h3,5-9,11-12,17,19-20,26,34H,2,4,10H2,1H3,(H,32,35)/t17-,19-,20?/m1/s1. The molecular weight excluding hydrogens is 468 g/mol. The maximum absolute atomic E-state index is 13.2. The first-order chi connectivity index (χ1) is 17.4. The second-order valence-corrected chi connectivity index (χ2v) is 9.05. The Labute approximate surface area is 205 Å². The van der Waals surface area contributed by atoms with Crippen molar-refractivity contribution in [3.8, 4) is 16.9 Å². The number of hydrogen-bond acceptors (Lipinski definition) is 6. The number of carbonyl (C=O) groups is 1. The average Bonchev–Trinajstić information content (AvgIpc) is 3.36. The summed E-state index contributed by atoms with van der Waals surface area (Å²) in [5.74, 6) is 0.714. The number of halogens is 2. The topological polar surface area (TPSA) is 102 Å². The summed E-state index contributed by atoms with van der Waals surface area (Å²) in [6.07, 6.45) is 4.55. The molecular formula is C26H23F2N5O3. The lowest BCUT2D eigenvalue weighted by Gasteiger charge is -2.21. The molecule has 36 heavy (non-hydrogen) atoms. The van der Waals surface area contributed by atoms with Crippen LogP contribution in [0.1, 0.15) is 71.9 Å². The number of aliphatic hydroxyl groups is 1. The number of alkyl halides is 2. The van der Waals surface area contributed by atoms with Crippen molar-refractivity contribution >= 4 is 16.9 Å². The van der Waals surface area contributed by atoms with Crippen LogP contribution in [0.25, 0.3) is 22.2 Å². The van der Waals surface area contributed by atoms with Crippen LogP contribution in [0.3, 0.4) is 0 Å². The van der Waals surface area contributed by atoms with Crippen molar-refractivity contribution in [2.45, 2.75) is 51.0 Å². The van der Waals surface area contributed by atoms with Gasteiger partial charge in [0, 0.05) is 29.1 Å².